The van der Waals surface area contributed by atoms with Crippen molar-refractivity contribution in [2.75, 3.05) is 5.32 Å². The van der Waals surface area contributed by atoms with E-state index in [9.17, 15) is 0 Å². The molecule has 0 unspecified atom stereocenters. The fraction of sp³-hybridized carbons (Fsp3) is 0.0769. The Morgan fingerprint density at radius 2 is 2.33 bits per heavy atom. The monoisotopic (exact) mass is 316 g/mol. The predicted octanol–water partition coefficient (Wildman–Crippen LogP) is 2.86. The highest BCUT2D eigenvalue weighted by Crippen LogP contribution is 2.27. The van der Waals surface area contributed by atoms with Crippen molar-refractivity contribution in [3.05, 3.63) is 53.1 Å². The zero-order valence-electron chi connectivity index (χ0n) is 10.7. The number of hydrogen-bond acceptors (Lipinski definition) is 6. The van der Waals surface area contributed by atoms with E-state index in [0.29, 0.717) is 17.1 Å². The number of nitrogens with zero attached hydrogens (tertiary/aromatic N) is 5. The summed E-state index contributed by atoms with van der Waals surface area (Å²) >= 11 is 6.99. The Hall–Kier alpha value is -2.43. The largest absolute Gasteiger partial charge is 0.370 e. The zero-order valence-corrected chi connectivity index (χ0v) is 12.3. The Morgan fingerprint density at radius 1 is 1.43 bits per heavy atom. The summed E-state index contributed by atoms with van der Waals surface area (Å²) < 4.78 is 5.63. The minimum Gasteiger partial charge on any atom is -0.370 e. The van der Waals surface area contributed by atoms with Crippen molar-refractivity contribution in [2.24, 2.45) is 0 Å². The van der Waals surface area contributed by atoms with Crippen LogP contribution in [0.15, 0.2) is 36.8 Å². The lowest BCUT2D eigenvalue weighted by molar-refractivity contribution is 0.844. The van der Waals surface area contributed by atoms with E-state index in [2.05, 4.69) is 19.8 Å². The molecule has 6 nitrogen and oxygen atoms in total. The molecule has 3 heterocycles. The summed E-state index contributed by atoms with van der Waals surface area (Å²) in [6.45, 7) is 0.541. The standard InChI is InChI=1S/C13H9ClN6S/c14-12-10(6-15)13(21-19-12)17-8-9-2-3-11(16-7-9)20-5-1-4-18-20/h1-5,7,17H,8H2. The van der Waals surface area contributed by atoms with Gasteiger partial charge >= 0.3 is 0 Å². The van der Waals surface area contributed by atoms with Crippen LogP contribution in [0.2, 0.25) is 5.15 Å². The van der Waals surface area contributed by atoms with E-state index >= 15 is 0 Å². The van der Waals surface area contributed by atoms with Crippen LogP contribution in [0.4, 0.5) is 5.00 Å². The molecule has 3 aromatic rings. The van der Waals surface area contributed by atoms with Crippen molar-refractivity contribution in [3.8, 4) is 11.9 Å². The number of halogens is 1. The van der Waals surface area contributed by atoms with Crippen LogP contribution >= 0.6 is 23.1 Å². The molecule has 0 radical (unpaired) electrons. The molecule has 21 heavy (non-hydrogen) atoms. The van der Waals surface area contributed by atoms with Crippen LogP contribution in [0.5, 0.6) is 0 Å². The normalized spacial score (nSPS) is 10.3. The lowest BCUT2D eigenvalue weighted by Crippen LogP contribution is -2.02. The Bertz CT molecular complexity index is 772. The van der Waals surface area contributed by atoms with Crippen LogP contribution in [-0.4, -0.2) is 19.1 Å². The second-order valence-corrected chi connectivity index (χ2v) is 5.25. The number of aromatic nitrogens is 4. The molecule has 0 saturated carbocycles. The molecule has 0 saturated heterocycles. The maximum atomic E-state index is 9.00. The minimum atomic E-state index is 0.233. The first-order valence-electron chi connectivity index (χ1n) is 6.02. The van der Waals surface area contributed by atoms with Crippen LogP contribution in [0.25, 0.3) is 5.82 Å². The Morgan fingerprint density at radius 3 is 3.00 bits per heavy atom. The van der Waals surface area contributed by atoms with Gasteiger partial charge in [0.15, 0.2) is 11.0 Å². The first kappa shape index (κ1) is 13.5. The topological polar surface area (TPSA) is 79.4 Å². The highest BCUT2D eigenvalue weighted by molar-refractivity contribution is 7.10. The molecule has 0 spiro atoms. The van der Waals surface area contributed by atoms with Gasteiger partial charge in [0.2, 0.25) is 0 Å². The third kappa shape index (κ3) is 2.86. The molecule has 0 aliphatic heterocycles. The number of rotatable bonds is 4. The Kier molecular flexibility index (Phi) is 3.81. The maximum absolute atomic E-state index is 9.00. The van der Waals surface area contributed by atoms with Gasteiger partial charge < -0.3 is 5.32 Å². The fourth-order valence-corrected chi connectivity index (χ4v) is 2.66. The minimum absolute atomic E-state index is 0.233. The van der Waals surface area contributed by atoms with Gasteiger partial charge in [0.05, 0.1) is 0 Å². The number of hydrogen-bond donors (Lipinski definition) is 1. The van der Waals surface area contributed by atoms with Crippen LogP contribution in [-0.2, 0) is 6.54 Å². The van der Waals surface area contributed by atoms with Crippen LogP contribution in [0.3, 0.4) is 0 Å². The third-order valence-corrected chi connectivity index (χ3v) is 3.94. The summed E-state index contributed by atoms with van der Waals surface area (Å²) in [5, 5.41) is 17.2. The zero-order chi connectivity index (χ0) is 14.7. The lowest BCUT2D eigenvalue weighted by atomic mass is 10.3. The Balaban J connectivity index is 1.70. The van der Waals surface area contributed by atoms with Crippen LogP contribution in [0, 0.1) is 11.3 Å². The summed E-state index contributed by atoms with van der Waals surface area (Å²) in [7, 11) is 0. The van der Waals surface area contributed by atoms with Gasteiger partial charge in [0.1, 0.15) is 16.6 Å². The van der Waals surface area contributed by atoms with Crippen LogP contribution in [0.1, 0.15) is 11.1 Å². The predicted molar refractivity (Wildman–Crippen MR) is 80.5 cm³/mol. The van der Waals surface area contributed by atoms with Gasteiger partial charge in [-0.05, 0) is 29.2 Å². The van der Waals surface area contributed by atoms with Crippen molar-refractivity contribution in [3.63, 3.8) is 0 Å². The van der Waals surface area contributed by atoms with Gasteiger partial charge in [0, 0.05) is 25.1 Å². The number of pyridine rings is 1. The first-order valence-corrected chi connectivity index (χ1v) is 7.17. The summed E-state index contributed by atoms with van der Waals surface area (Å²) in [5.74, 6) is 0.752. The fourth-order valence-electron chi connectivity index (χ4n) is 1.73. The average molecular weight is 317 g/mol. The first-order chi connectivity index (χ1) is 10.3. The number of anilines is 1. The van der Waals surface area contributed by atoms with Crippen molar-refractivity contribution in [2.45, 2.75) is 6.54 Å². The van der Waals surface area contributed by atoms with E-state index in [0.717, 1.165) is 11.4 Å². The highest BCUT2D eigenvalue weighted by Gasteiger charge is 2.11. The quantitative estimate of drug-likeness (QED) is 0.800. The average Bonchev–Trinajstić information content (AvgIpc) is 3.15. The van der Waals surface area contributed by atoms with Crippen molar-refractivity contribution >= 4 is 28.1 Å². The van der Waals surface area contributed by atoms with Gasteiger partial charge in [-0.15, -0.1) is 0 Å². The van der Waals surface area contributed by atoms with E-state index in [1.54, 1.807) is 17.1 Å². The molecule has 0 amide bonds. The molecule has 0 fully saturated rings. The molecular formula is C13H9ClN6S. The summed E-state index contributed by atoms with van der Waals surface area (Å²) in [6.07, 6.45) is 5.30. The van der Waals surface area contributed by atoms with E-state index in [-0.39, 0.29) is 5.15 Å². The highest BCUT2D eigenvalue weighted by atomic mass is 35.5. The second kappa shape index (κ2) is 5.91. The van der Waals surface area contributed by atoms with E-state index in [1.807, 2.05) is 30.5 Å². The molecule has 8 heteroatoms. The van der Waals surface area contributed by atoms with Gasteiger partial charge in [-0.3, -0.25) is 0 Å². The van der Waals surface area contributed by atoms with Crippen LogP contribution < -0.4 is 5.32 Å². The molecule has 0 atom stereocenters. The molecule has 1 N–H and O–H groups in total. The molecule has 0 aliphatic rings. The smallest absolute Gasteiger partial charge is 0.162 e. The Labute approximate surface area is 129 Å². The SMILES string of the molecule is N#Cc1c(Cl)nsc1NCc1ccc(-n2cccn2)nc1. The van der Waals surface area contributed by atoms with Gasteiger partial charge in [-0.25, -0.2) is 9.67 Å². The molecule has 0 aromatic carbocycles. The summed E-state index contributed by atoms with van der Waals surface area (Å²) in [6, 6.07) is 7.71. The molecule has 3 aromatic heterocycles. The third-order valence-electron chi connectivity index (χ3n) is 2.76. The number of nitrogens with one attached hydrogen (secondary N) is 1. The van der Waals surface area contributed by atoms with E-state index < -0.39 is 0 Å². The number of nitriles is 1. The molecule has 104 valence electrons. The van der Waals surface area contributed by atoms with Crippen molar-refractivity contribution in [1.29, 1.82) is 5.26 Å². The van der Waals surface area contributed by atoms with Crippen molar-refractivity contribution < 1.29 is 0 Å². The maximum Gasteiger partial charge on any atom is 0.162 e. The molecule has 0 bridgehead atoms. The van der Waals surface area contributed by atoms with E-state index in [1.165, 1.54) is 11.5 Å². The molecule has 3 rings (SSSR count). The summed E-state index contributed by atoms with van der Waals surface area (Å²) in [4.78, 5) is 4.34. The van der Waals surface area contributed by atoms with E-state index in [4.69, 9.17) is 16.9 Å². The van der Waals surface area contributed by atoms with Crippen molar-refractivity contribution in [1.82, 2.24) is 19.1 Å². The second-order valence-electron chi connectivity index (χ2n) is 4.12. The van der Waals surface area contributed by atoms with Gasteiger partial charge in [-0.2, -0.15) is 14.7 Å². The van der Waals surface area contributed by atoms with Gasteiger partial charge in [0.25, 0.3) is 0 Å². The van der Waals surface area contributed by atoms with Gasteiger partial charge in [-0.1, -0.05) is 17.7 Å². The lowest BCUT2D eigenvalue weighted by Gasteiger charge is -2.05. The molecule has 0 aliphatic carbocycles. The summed E-state index contributed by atoms with van der Waals surface area (Å²) in [5.41, 5.74) is 1.36. The molecular weight excluding hydrogens is 308 g/mol.